The molecule has 6 heteroatoms. The molecule has 0 radical (unpaired) electrons. The first-order valence-corrected chi connectivity index (χ1v) is 10.3. The van der Waals surface area contributed by atoms with E-state index in [4.69, 9.17) is 0 Å². The largest absolute Gasteiger partial charge is 0.334 e. The van der Waals surface area contributed by atoms with Gasteiger partial charge in [0.05, 0.1) is 5.69 Å². The Bertz CT molecular complexity index is 1030. The molecule has 0 spiro atoms. The van der Waals surface area contributed by atoms with Crippen molar-refractivity contribution in [1.82, 2.24) is 15.1 Å². The van der Waals surface area contributed by atoms with E-state index in [9.17, 15) is 4.79 Å². The second kappa shape index (κ2) is 9.31. The van der Waals surface area contributed by atoms with Crippen LogP contribution in [0.1, 0.15) is 41.4 Å². The molecule has 1 N–H and O–H groups in total. The number of unbranched alkanes of at least 4 members (excludes halogenated alkanes) is 1. The average molecular weight is 399 g/mol. The number of anilines is 1. The zero-order valence-corrected chi connectivity index (χ0v) is 17.1. The number of fused-ring (bicyclic) bond motifs is 1. The van der Waals surface area contributed by atoms with Crippen molar-refractivity contribution in [2.45, 2.75) is 32.7 Å². The summed E-state index contributed by atoms with van der Waals surface area (Å²) in [5, 5.41) is 12.6. The third-order valence-corrected chi connectivity index (χ3v) is 5.15. The number of hydrogen-bond donors (Lipinski definition) is 1. The molecule has 2 heterocycles. The summed E-state index contributed by atoms with van der Waals surface area (Å²) in [4.78, 5) is 14.9. The highest BCUT2D eigenvalue weighted by atomic mass is 16.2. The third kappa shape index (κ3) is 4.54. The van der Waals surface area contributed by atoms with E-state index in [0.717, 1.165) is 35.2 Å². The summed E-state index contributed by atoms with van der Waals surface area (Å²) in [5.74, 6) is 0.634. The second-order valence-corrected chi connectivity index (χ2v) is 7.33. The van der Waals surface area contributed by atoms with Crippen LogP contribution in [0, 0.1) is 0 Å². The van der Waals surface area contributed by atoms with Crippen molar-refractivity contribution in [3.05, 3.63) is 77.5 Å². The van der Waals surface area contributed by atoms with Gasteiger partial charge in [0.15, 0.2) is 5.82 Å². The van der Waals surface area contributed by atoms with Gasteiger partial charge in [0, 0.05) is 31.3 Å². The Labute approximate surface area is 176 Å². The highest BCUT2D eigenvalue weighted by Gasteiger charge is 2.23. The van der Waals surface area contributed by atoms with Crippen molar-refractivity contribution >= 4 is 17.9 Å². The molecule has 1 aliphatic heterocycles. The molecule has 3 aromatic rings. The molecule has 0 bridgehead atoms. The summed E-state index contributed by atoms with van der Waals surface area (Å²) >= 11 is 0. The molecule has 30 heavy (non-hydrogen) atoms. The van der Waals surface area contributed by atoms with Crippen molar-refractivity contribution < 1.29 is 4.79 Å². The number of amides is 1. The van der Waals surface area contributed by atoms with Gasteiger partial charge >= 0.3 is 0 Å². The SMILES string of the molecule is CCC/C=N\Nc1cc2c(nn1)CCN(C(=O)c1ccc(-c3ccccc3)cc1)C2. The fourth-order valence-corrected chi connectivity index (χ4v) is 3.48. The molecule has 2 aromatic carbocycles. The van der Waals surface area contributed by atoms with Crippen molar-refractivity contribution in [2.75, 3.05) is 12.0 Å². The molecule has 0 saturated heterocycles. The predicted octanol–water partition coefficient (Wildman–Crippen LogP) is 4.54. The summed E-state index contributed by atoms with van der Waals surface area (Å²) < 4.78 is 0. The number of nitrogens with zero attached hydrogens (tertiary/aromatic N) is 4. The Morgan fingerprint density at radius 3 is 2.63 bits per heavy atom. The standard InChI is InChI=1S/C24H25N5O/c1-2-3-14-25-27-23-16-21-17-29(15-13-22(21)26-28-23)24(30)20-11-9-19(10-12-20)18-7-5-4-6-8-18/h4-12,14,16H,2-3,13,15,17H2,1H3,(H,27,28)/b25-14-. The number of aromatic nitrogens is 2. The first-order chi connectivity index (χ1) is 14.7. The highest BCUT2D eigenvalue weighted by Crippen LogP contribution is 2.23. The molecule has 1 aliphatic rings. The minimum absolute atomic E-state index is 0.0348. The van der Waals surface area contributed by atoms with Gasteiger partial charge in [-0.3, -0.25) is 10.2 Å². The summed E-state index contributed by atoms with van der Waals surface area (Å²) in [6, 6.07) is 19.9. The fraction of sp³-hybridized carbons (Fsp3) is 0.250. The van der Waals surface area contributed by atoms with Gasteiger partial charge in [-0.05, 0) is 41.3 Å². The van der Waals surface area contributed by atoms with Crippen LogP contribution in [0.4, 0.5) is 5.82 Å². The van der Waals surface area contributed by atoms with Gasteiger partial charge in [0.1, 0.15) is 0 Å². The van der Waals surface area contributed by atoms with Crippen molar-refractivity contribution in [2.24, 2.45) is 5.10 Å². The van der Waals surface area contributed by atoms with E-state index in [2.05, 4.69) is 39.8 Å². The normalized spacial score (nSPS) is 13.3. The number of hydrogen-bond acceptors (Lipinski definition) is 5. The van der Waals surface area contributed by atoms with Gasteiger partial charge in [-0.25, -0.2) is 0 Å². The summed E-state index contributed by atoms with van der Waals surface area (Å²) in [7, 11) is 0. The lowest BCUT2D eigenvalue weighted by molar-refractivity contribution is 0.0733. The minimum Gasteiger partial charge on any atom is -0.334 e. The minimum atomic E-state index is 0.0348. The van der Waals surface area contributed by atoms with Crippen LogP contribution in [0.2, 0.25) is 0 Å². The molecule has 0 atom stereocenters. The Morgan fingerprint density at radius 1 is 1.10 bits per heavy atom. The molecule has 1 amide bonds. The molecule has 0 saturated carbocycles. The molecular formula is C24H25N5O. The zero-order chi connectivity index (χ0) is 20.8. The summed E-state index contributed by atoms with van der Waals surface area (Å²) in [6.45, 7) is 3.27. The van der Waals surface area contributed by atoms with Crippen LogP contribution in [0.25, 0.3) is 11.1 Å². The second-order valence-electron chi connectivity index (χ2n) is 7.33. The van der Waals surface area contributed by atoms with Gasteiger partial charge < -0.3 is 4.90 Å². The van der Waals surface area contributed by atoms with Crippen LogP contribution < -0.4 is 5.43 Å². The van der Waals surface area contributed by atoms with Gasteiger partial charge in [-0.15, -0.1) is 5.10 Å². The van der Waals surface area contributed by atoms with E-state index in [1.54, 1.807) is 0 Å². The Hall–Kier alpha value is -3.54. The smallest absolute Gasteiger partial charge is 0.254 e. The molecule has 0 aliphatic carbocycles. The Morgan fingerprint density at radius 2 is 1.87 bits per heavy atom. The Kier molecular flexibility index (Phi) is 6.13. The lowest BCUT2D eigenvalue weighted by Crippen LogP contribution is -2.36. The monoisotopic (exact) mass is 399 g/mol. The maximum Gasteiger partial charge on any atom is 0.254 e. The molecular weight excluding hydrogens is 374 g/mol. The van der Waals surface area contributed by atoms with E-state index in [1.165, 1.54) is 0 Å². The molecule has 0 fully saturated rings. The number of carbonyl (C=O) groups is 1. The van der Waals surface area contributed by atoms with Crippen LogP contribution >= 0.6 is 0 Å². The van der Waals surface area contributed by atoms with Crippen molar-refractivity contribution in [3.8, 4) is 11.1 Å². The van der Waals surface area contributed by atoms with Crippen molar-refractivity contribution in [3.63, 3.8) is 0 Å². The number of carbonyl (C=O) groups excluding carboxylic acids is 1. The number of nitrogens with one attached hydrogen (secondary N) is 1. The molecule has 1 aromatic heterocycles. The van der Waals surface area contributed by atoms with Gasteiger partial charge in [0.2, 0.25) is 0 Å². The van der Waals surface area contributed by atoms with E-state index in [1.807, 2.05) is 59.6 Å². The number of rotatable bonds is 6. The van der Waals surface area contributed by atoms with Crippen LogP contribution in [0.15, 0.2) is 65.8 Å². The first-order valence-electron chi connectivity index (χ1n) is 10.3. The lowest BCUT2D eigenvalue weighted by atomic mass is 10.0. The summed E-state index contributed by atoms with van der Waals surface area (Å²) in [6.07, 6.45) is 4.49. The Balaban J connectivity index is 1.45. The van der Waals surface area contributed by atoms with Crippen LogP contribution in [-0.4, -0.2) is 33.8 Å². The third-order valence-electron chi connectivity index (χ3n) is 5.15. The predicted molar refractivity (Wildman–Crippen MR) is 119 cm³/mol. The summed E-state index contributed by atoms with van der Waals surface area (Å²) in [5.41, 5.74) is 7.82. The van der Waals surface area contributed by atoms with Crippen LogP contribution in [-0.2, 0) is 13.0 Å². The lowest BCUT2D eigenvalue weighted by Gasteiger charge is -2.28. The molecule has 0 unspecified atom stereocenters. The highest BCUT2D eigenvalue weighted by molar-refractivity contribution is 5.94. The zero-order valence-electron chi connectivity index (χ0n) is 17.1. The molecule has 6 nitrogen and oxygen atoms in total. The number of hydrazone groups is 1. The van der Waals surface area contributed by atoms with Gasteiger partial charge in [0.25, 0.3) is 5.91 Å². The first kappa shape index (κ1) is 19.8. The molecule has 152 valence electrons. The van der Waals surface area contributed by atoms with E-state index < -0.39 is 0 Å². The maximum absolute atomic E-state index is 13.0. The number of benzene rings is 2. The van der Waals surface area contributed by atoms with E-state index >= 15 is 0 Å². The van der Waals surface area contributed by atoms with E-state index in [0.29, 0.717) is 30.9 Å². The van der Waals surface area contributed by atoms with Gasteiger partial charge in [-0.2, -0.15) is 10.2 Å². The molecule has 4 rings (SSSR count). The van der Waals surface area contributed by atoms with Crippen LogP contribution in [0.3, 0.4) is 0 Å². The maximum atomic E-state index is 13.0. The quantitative estimate of drug-likeness (QED) is 0.488. The topological polar surface area (TPSA) is 70.5 Å². The van der Waals surface area contributed by atoms with Crippen LogP contribution in [0.5, 0.6) is 0 Å². The average Bonchev–Trinajstić information content (AvgIpc) is 2.81. The fourth-order valence-electron chi connectivity index (χ4n) is 3.48. The van der Waals surface area contributed by atoms with Gasteiger partial charge in [-0.1, -0.05) is 55.8 Å². The van der Waals surface area contributed by atoms with Crippen molar-refractivity contribution in [1.29, 1.82) is 0 Å². The van der Waals surface area contributed by atoms with E-state index in [-0.39, 0.29) is 5.91 Å².